The van der Waals surface area contributed by atoms with Gasteiger partial charge in [-0.3, -0.25) is 0 Å². The molecule has 9 heteroatoms. The highest BCUT2D eigenvalue weighted by atomic mass is 35.5. The van der Waals surface area contributed by atoms with Crippen molar-refractivity contribution in [1.29, 1.82) is 0 Å². The zero-order valence-electron chi connectivity index (χ0n) is 22.2. The molecule has 3 aromatic rings. The van der Waals surface area contributed by atoms with E-state index in [9.17, 15) is 13.6 Å². The van der Waals surface area contributed by atoms with E-state index in [2.05, 4.69) is 16.4 Å². The maximum Gasteiger partial charge on any atom is 0.410 e. The van der Waals surface area contributed by atoms with Gasteiger partial charge in [-0.25, -0.2) is 23.5 Å². The van der Waals surface area contributed by atoms with Crippen LogP contribution in [0.25, 0.3) is 11.6 Å². The minimum Gasteiger partial charge on any atom is -0.444 e. The molecular weight excluding hydrogens is 522 g/mol. The number of amides is 1. The second-order valence-corrected chi connectivity index (χ2v) is 11.5. The molecule has 0 saturated carbocycles. The summed E-state index contributed by atoms with van der Waals surface area (Å²) < 4.78 is 32.5. The Balaban J connectivity index is 1.37. The Morgan fingerprint density at radius 2 is 1.97 bits per heavy atom. The molecular formula is C30H31ClF2N4O2. The molecule has 2 heterocycles. The van der Waals surface area contributed by atoms with E-state index in [1.54, 1.807) is 11.1 Å². The van der Waals surface area contributed by atoms with Crippen LogP contribution < -0.4 is 5.32 Å². The van der Waals surface area contributed by atoms with Crippen LogP contribution in [0.5, 0.6) is 0 Å². The topological polar surface area (TPSA) is 67.3 Å². The fraction of sp³-hybridized carbons (Fsp3) is 0.367. The summed E-state index contributed by atoms with van der Waals surface area (Å²) in [6, 6.07) is 11.5. The first-order valence-corrected chi connectivity index (χ1v) is 13.4. The van der Waals surface area contributed by atoms with Gasteiger partial charge in [-0.15, -0.1) is 0 Å². The van der Waals surface area contributed by atoms with E-state index in [1.807, 2.05) is 45.0 Å². The Hall–Kier alpha value is -3.52. The molecule has 2 atom stereocenters. The number of carbonyl (C=O) groups is 1. The molecule has 6 nitrogen and oxygen atoms in total. The number of likely N-dealkylation sites (tertiary alicyclic amines) is 1. The number of carbonyl (C=O) groups excluding carboxylic acids is 1. The van der Waals surface area contributed by atoms with Crippen molar-refractivity contribution in [3.05, 3.63) is 87.7 Å². The highest BCUT2D eigenvalue weighted by Crippen LogP contribution is 2.47. The molecule has 0 spiro atoms. The fourth-order valence-electron chi connectivity index (χ4n) is 5.18. The Bertz CT molecular complexity index is 1420. The van der Waals surface area contributed by atoms with Crippen molar-refractivity contribution >= 4 is 35.3 Å². The van der Waals surface area contributed by atoms with Gasteiger partial charge in [0.05, 0.1) is 5.69 Å². The average molecular weight is 553 g/mol. The number of hydrogen-bond donors (Lipinski definition) is 1. The van der Waals surface area contributed by atoms with Gasteiger partial charge in [-0.05, 0) is 80.5 Å². The number of aromatic nitrogens is 2. The normalized spacial score (nSPS) is 18.6. The molecule has 5 rings (SSSR count). The third-order valence-electron chi connectivity index (χ3n) is 6.99. The highest BCUT2D eigenvalue weighted by Gasteiger charge is 2.36. The molecule has 39 heavy (non-hydrogen) atoms. The van der Waals surface area contributed by atoms with Crippen molar-refractivity contribution < 1.29 is 18.3 Å². The maximum atomic E-state index is 13.6. The molecule has 1 aliphatic carbocycles. The summed E-state index contributed by atoms with van der Waals surface area (Å²) >= 11 is 6.61. The Kier molecular flexibility index (Phi) is 7.58. The van der Waals surface area contributed by atoms with Gasteiger partial charge < -0.3 is 15.0 Å². The van der Waals surface area contributed by atoms with Crippen molar-refractivity contribution in [2.45, 2.75) is 51.7 Å². The van der Waals surface area contributed by atoms with Crippen molar-refractivity contribution in [3.8, 4) is 0 Å². The zero-order valence-corrected chi connectivity index (χ0v) is 22.9. The van der Waals surface area contributed by atoms with Gasteiger partial charge in [-0.2, -0.15) is 0 Å². The Morgan fingerprint density at radius 1 is 1.18 bits per heavy atom. The summed E-state index contributed by atoms with van der Waals surface area (Å²) in [5, 5.41) is 3.79. The number of rotatable bonds is 6. The SMILES string of the molecule is CC(C)(C)OC(=O)N1CC[C@H](CC2C(c3ccccc3Cl)=Cc3cnc(NCc4ccc(F)c(F)c4)nc32)C1. The lowest BCUT2D eigenvalue weighted by Crippen LogP contribution is -2.35. The van der Waals surface area contributed by atoms with Crippen molar-refractivity contribution in [2.75, 3.05) is 18.4 Å². The van der Waals surface area contributed by atoms with Crippen LogP contribution in [0.4, 0.5) is 19.5 Å². The number of anilines is 1. The third kappa shape index (κ3) is 6.22. The minimum absolute atomic E-state index is 0.0460. The number of ether oxygens (including phenoxy) is 1. The van der Waals surface area contributed by atoms with Gasteiger partial charge in [0.15, 0.2) is 11.6 Å². The second kappa shape index (κ2) is 10.9. The monoisotopic (exact) mass is 552 g/mol. The first-order chi connectivity index (χ1) is 18.6. The van der Waals surface area contributed by atoms with Crippen LogP contribution in [0.15, 0.2) is 48.7 Å². The smallest absolute Gasteiger partial charge is 0.410 e. The van der Waals surface area contributed by atoms with Crippen molar-refractivity contribution in [3.63, 3.8) is 0 Å². The number of benzene rings is 2. The summed E-state index contributed by atoms with van der Waals surface area (Å²) in [5.74, 6) is -1.16. The molecule has 2 aliphatic rings. The Morgan fingerprint density at radius 3 is 2.72 bits per heavy atom. The van der Waals surface area contributed by atoms with E-state index in [-0.39, 0.29) is 24.5 Å². The molecule has 0 bridgehead atoms. The summed E-state index contributed by atoms with van der Waals surface area (Å²) in [6.07, 6.45) is 5.22. The molecule has 1 aromatic heterocycles. The Labute approximate surface area is 232 Å². The minimum atomic E-state index is -0.894. The lowest BCUT2D eigenvalue weighted by atomic mass is 9.85. The highest BCUT2D eigenvalue weighted by molar-refractivity contribution is 6.32. The summed E-state index contributed by atoms with van der Waals surface area (Å²) in [6.45, 7) is 7.11. The average Bonchev–Trinajstić information content (AvgIpc) is 3.49. The van der Waals surface area contributed by atoms with Crippen molar-refractivity contribution in [1.82, 2.24) is 14.9 Å². The molecule has 1 unspecified atom stereocenters. The zero-order chi connectivity index (χ0) is 27.7. The van der Waals surface area contributed by atoms with Crippen LogP contribution in [0.3, 0.4) is 0 Å². The molecule has 1 amide bonds. The molecule has 0 radical (unpaired) electrons. The molecule has 204 valence electrons. The number of fused-ring (bicyclic) bond motifs is 1. The van der Waals surface area contributed by atoms with E-state index < -0.39 is 17.2 Å². The van der Waals surface area contributed by atoms with Crippen molar-refractivity contribution in [2.24, 2.45) is 5.92 Å². The van der Waals surface area contributed by atoms with Crippen LogP contribution in [-0.4, -0.2) is 39.7 Å². The predicted molar refractivity (Wildman–Crippen MR) is 148 cm³/mol. The third-order valence-corrected chi connectivity index (χ3v) is 7.32. The summed E-state index contributed by atoms with van der Waals surface area (Å²) in [4.78, 5) is 23.7. The molecule has 1 fully saturated rings. The van der Waals surface area contributed by atoms with E-state index in [1.165, 1.54) is 6.07 Å². The molecule has 1 N–H and O–H groups in total. The summed E-state index contributed by atoms with van der Waals surface area (Å²) in [5.41, 5.74) is 3.84. The lowest BCUT2D eigenvalue weighted by molar-refractivity contribution is 0.0287. The standard InChI is InChI=1S/C30H31ClF2N4O2/c1-30(2,3)39-29(38)37-11-10-19(17-37)12-23-22(21-6-4-5-7-24(21)31)14-20-16-35-28(36-27(20)23)34-15-18-8-9-25(32)26(33)13-18/h4-9,13-14,16,19,23H,10-12,15,17H2,1-3H3,(H,34,35,36)/t19-,23?/m1/s1. The van der Waals surface area contributed by atoms with E-state index in [4.69, 9.17) is 21.3 Å². The molecule has 1 saturated heterocycles. The van der Waals surface area contributed by atoms with Gasteiger partial charge in [-0.1, -0.05) is 35.9 Å². The first kappa shape index (κ1) is 27.1. The lowest BCUT2D eigenvalue weighted by Gasteiger charge is -2.25. The molecule has 2 aromatic carbocycles. The predicted octanol–water partition coefficient (Wildman–Crippen LogP) is 7.31. The molecule has 1 aliphatic heterocycles. The van der Waals surface area contributed by atoms with Gasteiger partial charge in [0.25, 0.3) is 0 Å². The number of allylic oxidation sites excluding steroid dienone is 1. The largest absolute Gasteiger partial charge is 0.444 e. The van der Waals surface area contributed by atoms with Gasteiger partial charge in [0, 0.05) is 42.3 Å². The van der Waals surface area contributed by atoms with E-state index in [0.29, 0.717) is 29.6 Å². The first-order valence-electron chi connectivity index (χ1n) is 13.1. The number of nitrogens with one attached hydrogen (secondary N) is 1. The fourth-order valence-corrected chi connectivity index (χ4v) is 5.42. The maximum absolute atomic E-state index is 13.6. The van der Waals surface area contributed by atoms with E-state index >= 15 is 0 Å². The number of halogens is 3. The summed E-state index contributed by atoms with van der Waals surface area (Å²) in [7, 11) is 0. The van der Waals surface area contributed by atoms with Gasteiger partial charge in [0.1, 0.15) is 5.60 Å². The quantitative estimate of drug-likeness (QED) is 0.347. The van der Waals surface area contributed by atoms with Crippen LogP contribution in [0.2, 0.25) is 5.02 Å². The van der Waals surface area contributed by atoms with Gasteiger partial charge in [0.2, 0.25) is 5.95 Å². The van der Waals surface area contributed by atoms with Crippen LogP contribution in [0, 0.1) is 17.6 Å². The van der Waals surface area contributed by atoms with Crippen LogP contribution in [-0.2, 0) is 11.3 Å². The van der Waals surface area contributed by atoms with Crippen LogP contribution in [0.1, 0.15) is 61.9 Å². The van der Waals surface area contributed by atoms with E-state index in [0.717, 1.165) is 47.4 Å². The van der Waals surface area contributed by atoms with Crippen LogP contribution >= 0.6 is 11.6 Å². The number of nitrogens with zero attached hydrogens (tertiary/aromatic N) is 3. The number of hydrogen-bond acceptors (Lipinski definition) is 5. The second-order valence-electron chi connectivity index (χ2n) is 11.1. The van der Waals surface area contributed by atoms with Gasteiger partial charge >= 0.3 is 6.09 Å².